The van der Waals surface area contributed by atoms with Gasteiger partial charge in [-0.2, -0.15) is 0 Å². The monoisotopic (exact) mass is 547 g/mol. The molecule has 0 spiro atoms. The number of amides is 2. The van der Waals surface area contributed by atoms with Crippen LogP contribution in [0.4, 0.5) is 10.5 Å². The quantitative estimate of drug-likeness (QED) is 0.362. The highest BCUT2D eigenvalue weighted by Crippen LogP contribution is 2.37. The van der Waals surface area contributed by atoms with E-state index in [2.05, 4.69) is 16.0 Å². The predicted molar refractivity (Wildman–Crippen MR) is 143 cm³/mol. The molecule has 0 saturated carbocycles. The Balaban J connectivity index is 1.39. The number of nitrogens with one attached hydrogen (secondary N) is 3. The van der Waals surface area contributed by atoms with Gasteiger partial charge in [0, 0.05) is 12.2 Å². The number of urea groups is 1. The molecule has 0 aliphatic carbocycles. The number of anilines is 1. The minimum Gasteiger partial charge on any atom is -0.495 e. The summed E-state index contributed by atoms with van der Waals surface area (Å²) in [6, 6.07) is 14.5. The van der Waals surface area contributed by atoms with Gasteiger partial charge < -0.3 is 20.7 Å². The Morgan fingerprint density at radius 3 is 2.53 bits per heavy atom. The molecule has 4 rings (SSSR count). The fraction of sp³-hybridized carbons (Fsp3) is 0.269. The molecule has 0 fully saturated rings. The van der Waals surface area contributed by atoms with Gasteiger partial charge in [0.05, 0.1) is 28.8 Å². The zero-order chi connectivity index (χ0) is 25.9. The summed E-state index contributed by atoms with van der Waals surface area (Å²) < 4.78 is 31.1. The van der Waals surface area contributed by atoms with Crippen LogP contribution < -0.4 is 20.7 Å². The number of fused-ring (bicyclic) bond motifs is 1. The van der Waals surface area contributed by atoms with Crippen molar-refractivity contribution >= 4 is 44.8 Å². The van der Waals surface area contributed by atoms with Crippen molar-refractivity contribution in [2.24, 2.45) is 0 Å². The van der Waals surface area contributed by atoms with E-state index in [1.807, 2.05) is 18.2 Å². The van der Waals surface area contributed by atoms with E-state index in [-0.39, 0.29) is 15.7 Å². The first-order chi connectivity index (χ1) is 17.2. The van der Waals surface area contributed by atoms with E-state index < -0.39 is 21.9 Å². The minimum absolute atomic E-state index is 0.0797. The molecule has 1 atom stereocenters. The molecular formula is C26H27Cl2N3O4S. The van der Waals surface area contributed by atoms with Gasteiger partial charge in [0.25, 0.3) is 0 Å². The number of carbonyl (C=O) groups excluding carboxylic acids is 1. The van der Waals surface area contributed by atoms with E-state index in [9.17, 15) is 13.2 Å². The van der Waals surface area contributed by atoms with Gasteiger partial charge in [0.15, 0.2) is 9.84 Å². The summed E-state index contributed by atoms with van der Waals surface area (Å²) in [5.41, 5.74) is 4.27. The highest BCUT2D eigenvalue weighted by molar-refractivity contribution is 7.90. The summed E-state index contributed by atoms with van der Waals surface area (Å²) in [5.74, 6) is 0.366. The molecule has 0 saturated heterocycles. The molecule has 1 aliphatic rings. The van der Waals surface area contributed by atoms with Crippen LogP contribution in [0.15, 0.2) is 59.5 Å². The number of ether oxygens (including phenoxy) is 1. The van der Waals surface area contributed by atoms with Crippen LogP contribution >= 0.6 is 23.2 Å². The molecule has 0 radical (unpaired) electrons. The number of halogens is 2. The molecule has 36 heavy (non-hydrogen) atoms. The van der Waals surface area contributed by atoms with Crippen LogP contribution in [-0.4, -0.2) is 28.1 Å². The van der Waals surface area contributed by atoms with Gasteiger partial charge in [-0.1, -0.05) is 47.5 Å². The average Bonchev–Trinajstić information content (AvgIpc) is 2.85. The SMILES string of the molecule is COc1ccc(C(C)NC(=O)Nc2ccc(S(=O)(=O)Cc3ccc4c(c3)CCNC4)cc2)c(Cl)c1Cl. The highest BCUT2D eigenvalue weighted by atomic mass is 35.5. The zero-order valence-corrected chi connectivity index (χ0v) is 22.2. The summed E-state index contributed by atoms with van der Waals surface area (Å²) in [6.45, 7) is 3.48. The van der Waals surface area contributed by atoms with Crippen LogP contribution in [-0.2, 0) is 28.6 Å². The van der Waals surface area contributed by atoms with E-state index in [1.165, 1.54) is 30.4 Å². The smallest absolute Gasteiger partial charge is 0.319 e. The van der Waals surface area contributed by atoms with Gasteiger partial charge in [-0.05, 0) is 72.5 Å². The number of benzene rings is 3. The van der Waals surface area contributed by atoms with E-state index >= 15 is 0 Å². The molecule has 1 aliphatic heterocycles. The number of sulfone groups is 1. The maximum Gasteiger partial charge on any atom is 0.319 e. The van der Waals surface area contributed by atoms with Crippen molar-refractivity contribution < 1.29 is 17.9 Å². The Hall–Kier alpha value is -2.78. The predicted octanol–water partition coefficient (Wildman–Crippen LogP) is 5.50. The highest BCUT2D eigenvalue weighted by Gasteiger charge is 2.19. The lowest BCUT2D eigenvalue weighted by Gasteiger charge is -2.18. The van der Waals surface area contributed by atoms with Crippen LogP contribution in [0.2, 0.25) is 10.0 Å². The lowest BCUT2D eigenvalue weighted by atomic mass is 9.99. The van der Waals surface area contributed by atoms with Gasteiger partial charge in [-0.15, -0.1) is 0 Å². The second-order valence-electron chi connectivity index (χ2n) is 8.62. The molecule has 1 heterocycles. The summed E-state index contributed by atoms with van der Waals surface area (Å²) in [5, 5.41) is 9.39. The van der Waals surface area contributed by atoms with E-state index in [0.29, 0.717) is 22.0 Å². The van der Waals surface area contributed by atoms with Crippen molar-refractivity contribution in [2.75, 3.05) is 19.0 Å². The molecular weight excluding hydrogens is 521 g/mol. The topological polar surface area (TPSA) is 96.5 Å². The van der Waals surface area contributed by atoms with Gasteiger partial charge >= 0.3 is 6.03 Å². The molecule has 3 N–H and O–H groups in total. The summed E-state index contributed by atoms with van der Waals surface area (Å²) >= 11 is 12.5. The number of methoxy groups -OCH3 is 1. The van der Waals surface area contributed by atoms with Gasteiger partial charge in [-0.3, -0.25) is 0 Å². The Labute approximate surface area is 221 Å². The van der Waals surface area contributed by atoms with Crippen molar-refractivity contribution in [3.8, 4) is 5.75 Å². The molecule has 10 heteroatoms. The first-order valence-corrected chi connectivity index (χ1v) is 13.8. The largest absolute Gasteiger partial charge is 0.495 e. The van der Waals surface area contributed by atoms with Gasteiger partial charge in [-0.25, -0.2) is 13.2 Å². The zero-order valence-electron chi connectivity index (χ0n) is 19.9. The third-order valence-electron chi connectivity index (χ3n) is 6.10. The Kier molecular flexibility index (Phi) is 8.10. The summed E-state index contributed by atoms with van der Waals surface area (Å²) in [4.78, 5) is 12.7. The van der Waals surface area contributed by atoms with Crippen molar-refractivity contribution in [1.82, 2.24) is 10.6 Å². The number of hydrogen-bond acceptors (Lipinski definition) is 5. The van der Waals surface area contributed by atoms with E-state index in [0.717, 1.165) is 25.1 Å². The first-order valence-electron chi connectivity index (χ1n) is 11.4. The van der Waals surface area contributed by atoms with Crippen LogP contribution in [0.5, 0.6) is 5.75 Å². The third kappa shape index (κ3) is 5.95. The van der Waals surface area contributed by atoms with Crippen LogP contribution in [0.25, 0.3) is 0 Å². The maximum atomic E-state index is 13.0. The molecule has 7 nitrogen and oxygen atoms in total. The Morgan fingerprint density at radius 2 is 1.81 bits per heavy atom. The molecule has 1 unspecified atom stereocenters. The first kappa shape index (κ1) is 26.3. The Bertz CT molecular complexity index is 1380. The van der Waals surface area contributed by atoms with E-state index in [4.69, 9.17) is 27.9 Å². The standard InChI is InChI=1S/C26H27Cl2N3O4S/c1-16(22-9-10-23(35-2)25(28)24(22)27)30-26(32)31-20-5-7-21(8-6-20)36(33,34)15-17-3-4-19-14-29-12-11-18(19)13-17/h3-10,13,16,29H,11-12,14-15H2,1-2H3,(H2,30,31,32). The van der Waals surface area contributed by atoms with Crippen molar-refractivity contribution in [3.63, 3.8) is 0 Å². The summed E-state index contributed by atoms with van der Waals surface area (Å²) in [6.07, 6.45) is 0.891. The van der Waals surface area contributed by atoms with Gasteiger partial charge in [0.1, 0.15) is 10.8 Å². The second-order valence-corrected chi connectivity index (χ2v) is 11.4. The van der Waals surface area contributed by atoms with Crippen molar-refractivity contribution in [1.29, 1.82) is 0 Å². The number of hydrogen-bond donors (Lipinski definition) is 3. The fourth-order valence-electron chi connectivity index (χ4n) is 4.15. The van der Waals surface area contributed by atoms with Gasteiger partial charge in [0.2, 0.25) is 0 Å². The minimum atomic E-state index is -3.54. The normalized spacial score (nSPS) is 14.0. The summed E-state index contributed by atoms with van der Waals surface area (Å²) in [7, 11) is -2.04. The maximum absolute atomic E-state index is 13.0. The van der Waals surface area contributed by atoms with Crippen molar-refractivity contribution in [3.05, 3.63) is 86.9 Å². The lowest BCUT2D eigenvalue weighted by Crippen LogP contribution is -2.31. The van der Waals surface area contributed by atoms with E-state index in [1.54, 1.807) is 31.2 Å². The van der Waals surface area contributed by atoms with Crippen LogP contribution in [0, 0.1) is 0 Å². The lowest BCUT2D eigenvalue weighted by molar-refractivity contribution is 0.249. The third-order valence-corrected chi connectivity index (χ3v) is 8.68. The molecule has 0 bridgehead atoms. The molecule has 3 aromatic rings. The van der Waals surface area contributed by atoms with Crippen LogP contribution in [0.3, 0.4) is 0 Å². The number of rotatable bonds is 7. The number of carbonyl (C=O) groups is 1. The second kappa shape index (κ2) is 11.1. The molecule has 3 aromatic carbocycles. The molecule has 0 aromatic heterocycles. The molecule has 190 valence electrons. The molecule has 2 amide bonds. The van der Waals surface area contributed by atoms with Crippen LogP contribution in [0.1, 0.15) is 35.2 Å². The Morgan fingerprint density at radius 1 is 1.06 bits per heavy atom. The van der Waals surface area contributed by atoms with Crippen molar-refractivity contribution in [2.45, 2.75) is 36.6 Å². The average molecular weight is 548 g/mol. The fourth-order valence-corrected chi connectivity index (χ4v) is 6.05.